The van der Waals surface area contributed by atoms with Crippen LogP contribution in [0.15, 0.2) is 24.3 Å². The van der Waals surface area contributed by atoms with Gasteiger partial charge in [0, 0.05) is 26.2 Å². The topological polar surface area (TPSA) is 64.7 Å². The number of amides is 2. The number of nitrogens with zero attached hydrogens (tertiary/aromatic N) is 2. The van der Waals surface area contributed by atoms with E-state index >= 15 is 0 Å². The fourth-order valence-corrected chi connectivity index (χ4v) is 4.46. The lowest BCUT2D eigenvalue weighted by Crippen LogP contribution is -2.37. The van der Waals surface area contributed by atoms with Gasteiger partial charge in [-0.25, -0.2) is 0 Å². The van der Waals surface area contributed by atoms with E-state index in [-0.39, 0.29) is 11.8 Å². The van der Waals surface area contributed by atoms with Gasteiger partial charge in [-0.1, -0.05) is 91.2 Å². The molecule has 0 aliphatic rings. The highest BCUT2D eigenvalue weighted by molar-refractivity contribution is 6.07. The third kappa shape index (κ3) is 14.0. The first-order chi connectivity index (χ1) is 17.6. The standard InChI is InChI=1S/C30H54N4O2/c1-5-9-11-13-17-23-33(7-3)25-21-31-29(35)27-19-15-16-20-28(27)30(36)32-22-26-34(8-4)24-18-14-12-10-6-2/h15-16,19-20H,5-14,17-18,21-26H2,1-4H3,(H,31,35)(H,32,36). The van der Waals surface area contributed by atoms with Crippen molar-refractivity contribution in [2.75, 3.05) is 52.4 Å². The van der Waals surface area contributed by atoms with Gasteiger partial charge < -0.3 is 20.4 Å². The summed E-state index contributed by atoms with van der Waals surface area (Å²) >= 11 is 0. The Morgan fingerprint density at radius 3 is 1.33 bits per heavy atom. The monoisotopic (exact) mass is 502 g/mol. The molecule has 0 heterocycles. The summed E-state index contributed by atoms with van der Waals surface area (Å²) in [6, 6.07) is 7.11. The molecular weight excluding hydrogens is 448 g/mol. The van der Waals surface area contributed by atoms with Crippen molar-refractivity contribution in [3.63, 3.8) is 0 Å². The molecule has 0 aliphatic carbocycles. The van der Waals surface area contributed by atoms with E-state index in [2.05, 4.69) is 48.1 Å². The highest BCUT2D eigenvalue weighted by Crippen LogP contribution is 2.09. The molecule has 2 N–H and O–H groups in total. The number of unbranched alkanes of at least 4 members (excludes halogenated alkanes) is 8. The number of benzene rings is 1. The quantitative estimate of drug-likeness (QED) is 0.199. The van der Waals surface area contributed by atoms with Gasteiger partial charge in [0.25, 0.3) is 11.8 Å². The van der Waals surface area contributed by atoms with Gasteiger partial charge >= 0.3 is 0 Å². The fourth-order valence-electron chi connectivity index (χ4n) is 4.46. The maximum absolute atomic E-state index is 12.9. The van der Waals surface area contributed by atoms with Crippen LogP contribution in [0.3, 0.4) is 0 Å². The molecule has 0 radical (unpaired) electrons. The molecule has 0 bridgehead atoms. The summed E-state index contributed by atoms with van der Waals surface area (Å²) in [4.78, 5) is 30.5. The number of carbonyl (C=O) groups excluding carboxylic acids is 2. The van der Waals surface area contributed by atoms with Crippen LogP contribution >= 0.6 is 0 Å². The summed E-state index contributed by atoms with van der Waals surface area (Å²) < 4.78 is 0. The van der Waals surface area contributed by atoms with Crippen LogP contribution in [0.1, 0.15) is 113 Å². The summed E-state index contributed by atoms with van der Waals surface area (Å²) in [6.07, 6.45) is 12.7. The molecule has 6 heteroatoms. The smallest absolute Gasteiger partial charge is 0.252 e. The Morgan fingerprint density at radius 1 is 0.583 bits per heavy atom. The van der Waals surface area contributed by atoms with E-state index in [0.717, 1.165) is 39.3 Å². The Morgan fingerprint density at radius 2 is 0.972 bits per heavy atom. The molecule has 1 aromatic rings. The van der Waals surface area contributed by atoms with Crippen molar-refractivity contribution in [3.05, 3.63) is 35.4 Å². The number of carbonyl (C=O) groups is 2. The van der Waals surface area contributed by atoms with Crippen LogP contribution in [0, 0.1) is 0 Å². The second-order valence-electron chi connectivity index (χ2n) is 9.75. The van der Waals surface area contributed by atoms with Crippen LogP contribution in [0.5, 0.6) is 0 Å². The average Bonchev–Trinajstić information content (AvgIpc) is 2.90. The summed E-state index contributed by atoms with van der Waals surface area (Å²) in [5.74, 6) is -0.357. The predicted octanol–water partition coefficient (Wildman–Crippen LogP) is 5.73. The number of rotatable bonds is 22. The Kier molecular flexibility index (Phi) is 18.9. The minimum absolute atomic E-state index is 0.179. The number of hydrogen-bond acceptors (Lipinski definition) is 4. The normalized spacial score (nSPS) is 11.3. The van der Waals surface area contributed by atoms with Gasteiger partial charge in [0.05, 0.1) is 11.1 Å². The van der Waals surface area contributed by atoms with Crippen LogP contribution in [-0.4, -0.2) is 74.0 Å². The fraction of sp³-hybridized carbons (Fsp3) is 0.733. The van der Waals surface area contributed by atoms with Gasteiger partial charge in [-0.3, -0.25) is 9.59 Å². The minimum Gasteiger partial charge on any atom is -0.351 e. The molecule has 0 atom stereocenters. The molecule has 0 aromatic heterocycles. The lowest BCUT2D eigenvalue weighted by Gasteiger charge is -2.21. The van der Waals surface area contributed by atoms with Gasteiger partial charge in [0.2, 0.25) is 0 Å². The van der Waals surface area contributed by atoms with Crippen molar-refractivity contribution in [1.82, 2.24) is 20.4 Å². The SMILES string of the molecule is CCCCCCCN(CC)CCNC(=O)c1ccccc1C(=O)NCCN(CC)CCCCCCC. The van der Waals surface area contributed by atoms with E-state index < -0.39 is 0 Å². The van der Waals surface area contributed by atoms with E-state index in [1.54, 1.807) is 12.1 Å². The first-order valence-electron chi connectivity index (χ1n) is 14.7. The third-order valence-corrected chi connectivity index (χ3v) is 6.89. The third-order valence-electron chi connectivity index (χ3n) is 6.89. The molecule has 0 spiro atoms. The van der Waals surface area contributed by atoms with E-state index in [0.29, 0.717) is 24.2 Å². The molecule has 36 heavy (non-hydrogen) atoms. The molecule has 1 rings (SSSR count). The van der Waals surface area contributed by atoms with Crippen molar-refractivity contribution in [2.45, 2.75) is 91.9 Å². The maximum Gasteiger partial charge on any atom is 0.252 e. The van der Waals surface area contributed by atoms with Crippen molar-refractivity contribution in [3.8, 4) is 0 Å². The summed E-state index contributed by atoms with van der Waals surface area (Å²) in [5.41, 5.74) is 0.891. The molecule has 2 amide bonds. The van der Waals surface area contributed by atoms with Gasteiger partial charge in [-0.15, -0.1) is 0 Å². The van der Waals surface area contributed by atoms with E-state index in [1.807, 2.05) is 12.1 Å². The lowest BCUT2D eigenvalue weighted by molar-refractivity contribution is 0.0914. The predicted molar refractivity (Wildman–Crippen MR) is 153 cm³/mol. The number of nitrogens with one attached hydrogen (secondary N) is 2. The second kappa shape index (κ2) is 21.2. The first kappa shape index (κ1) is 32.1. The number of hydrogen-bond donors (Lipinski definition) is 2. The van der Waals surface area contributed by atoms with E-state index in [9.17, 15) is 9.59 Å². The molecule has 1 aromatic carbocycles. The van der Waals surface area contributed by atoms with Crippen LogP contribution in [0.4, 0.5) is 0 Å². The zero-order valence-electron chi connectivity index (χ0n) is 23.7. The maximum atomic E-state index is 12.9. The molecule has 206 valence electrons. The van der Waals surface area contributed by atoms with Gasteiger partial charge in [0.1, 0.15) is 0 Å². The number of likely N-dealkylation sites (N-methyl/N-ethyl adjacent to an activating group) is 2. The second-order valence-corrected chi connectivity index (χ2v) is 9.75. The highest BCUT2D eigenvalue weighted by atomic mass is 16.2. The molecule has 6 nitrogen and oxygen atoms in total. The van der Waals surface area contributed by atoms with Crippen molar-refractivity contribution < 1.29 is 9.59 Å². The largest absolute Gasteiger partial charge is 0.351 e. The summed E-state index contributed by atoms with van der Waals surface area (Å²) in [5, 5.41) is 6.04. The van der Waals surface area contributed by atoms with E-state index in [4.69, 9.17) is 0 Å². The van der Waals surface area contributed by atoms with Gasteiger partial charge in [-0.2, -0.15) is 0 Å². The lowest BCUT2D eigenvalue weighted by atomic mass is 10.1. The Bertz CT molecular complexity index is 651. The highest BCUT2D eigenvalue weighted by Gasteiger charge is 2.16. The molecule has 0 unspecified atom stereocenters. The Labute approximate surface area is 221 Å². The van der Waals surface area contributed by atoms with Crippen molar-refractivity contribution >= 4 is 11.8 Å². The molecular formula is C30H54N4O2. The molecule has 0 saturated heterocycles. The average molecular weight is 503 g/mol. The van der Waals surface area contributed by atoms with Crippen LogP contribution in [0.25, 0.3) is 0 Å². The first-order valence-corrected chi connectivity index (χ1v) is 14.7. The van der Waals surface area contributed by atoms with E-state index in [1.165, 1.54) is 64.2 Å². The van der Waals surface area contributed by atoms with Crippen molar-refractivity contribution in [2.24, 2.45) is 0 Å². The van der Waals surface area contributed by atoms with Gasteiger partial charge in [-0.05, 0) is 51.2 Å². The summed E-state index contributed by atoms with van der Waals surface area (Å²) in [7, 11) is 0. The van der Waals surface area contributed by atoms with Crippen molar-refractivity contribution in [1.29, 1.82) is 0 Å². The van der Waals surface area contributed by atoms with Crippen LogP contribution < -0.4 is 10.6 Å². The van der Waals surface area contributed by atoms with Crippen LogP contribution in [0.2, 0.25) is 0 Å². The molecule has 0 fully saturated rings. The summed E-state index contributed by atoms with van der Waals surface area (Å²) in [6.45, 7) is 15.7. The Hall–Kier alpha value is -1.92. The van der Waals surface area contributed by atoms with Crippen LogP contribution in [-0.2, 0) is 0 Å². The molecule has 0 aliphatic heterocycles. The Balaban J connectivity index is 2.45. The zero-order valence-corrected chi connectivity index (χ0v) is 23.7. The zero-order chi connectivity index (χ0) is 26.4. The minimum atomic E-state index is -0.179. The van der Waals surface area contributed by atoms with Gasteiger partial charge in [0.15, 0.2) is 0 Å². The molecule has 0 saturated carbocycles.